The number of hydrogen-bond acceptors (Lipinski definition) is 5. The van der Waals surface area contributed by atoms with Crippen molar-refractivity contribution in [2.75, 3.05) is 6.54 Å². The van der Waals surface area contributed by atoms with Gasteiger partial charge in [-0.2, -0.15) is 0 Å². The molecule has 7 nitrogen and oxygen atoms in total. The van der Waals surface area contributed by atoms with E-state index in [9.17, 15) is 13.5 Å². The zero-order valence-electron chi connectivity index (χ0n) is 10.3. The number of aromatic hydroxyl groups is 1. The molecule has 0 aliphatic heterocycles. The number of nitrogens with one attached hydrogen (secondary N) is 1. The van der Waals surface area contributed by atoms with Crippen LogP contribution in [-0.2, 0) is 23.5 Å². The zero-order chi connectivity index (χ0) is 13.9. The van der Waals surface area contributed by atoms with Gasteiger partial charge >= 0.3 is 0 Å². The van der Waals surface area contributed by atoms with E-state index in [1.54, 1.807) is 17.9 Å². The second-order valence-corrected chi connectivity index (χ2v) is 5.77. The largest absolute Gasteiger partial charge is 0.508 e. The molecule has 0 spiro atoms. The third kappa shape index (κ3) is 3.30. The van der Waals surface area contributed by atoms with Gasteiger partial charge in [-0.05, 0) is 18.2 Å². The summed E-state index contributed by atoms with van der Waals surface area (Å²) in [7, 11) is -1.83. The molecule has 1 heterocycles. The van der Waals surface area contributed by atoms with E-state index in [1.165, 1.54) is 24.3 Å². The fourth-order valence-electron chi connectivity index (χ4n) is 1.56. The SMILES string of the molecule is Cn1cnnc1CCNS(=O)(=O)c1cccc(O)c1. The lowest BCUT2D eigenvalue weighted by molar-refractivity contribution is 0.473. The van der Waals surface area contributed by atoms with E-state index in [-0.39, 0.29) is 17.2 Å². The van der Waals surface area contributed by atoms with Gasteiger partial charge in [0.1, 0.15) is 17.9 Å². The highest BCUT2D eigenvalue weighted by molar-refractivity contribution is 7.89. The van der Waals surface area contributed by atoms with Crippen LogP contribution in [0.2, 0.25) is 0 Å². The van der Waals surface area contributed by atoms with Gasteiger partial charge in [-0.1, -0.05) is 6.07 Å². The number of nitrogens with zero attached hydrogens (tertiary/aromatic N) is 3. The van der Waals surface area contributed by atoms with E-state index in [2.05, 4.69) is 14.9 Å². The minimum atomic E-state index is -3.62. The number of benzene rings is 1. The molecule has 19 heavy (non-hydrogen) atoms. The van der Waals surface area contributed by atoms with Crippen LogP contribution >= 0.6 is 0 Å². The Balaban J connectivity index is 2.01. The van der Waals surface area contributed by atoms with Crippen molar-refractivity contribution in [2.45, 2.75) is 11.3 Å². The molecule has 2 aromatic rings. The predicted octanol–water partition coefficient (Wildman–Crippen LogP) is 0.0417. The standard InChI is InChI=1S/C11H14N4O3S/c1-15-8-12-14-11(15)5-6-13-19(17,18)10-4-2-3-9(16)7-10/h2-4,7-8,13,16H,5-6H2,1H3. The van der Waals surface area contributed by atoms with Crippen LogP contribution in [0.1, 0.15) is 5.82 Å². The smallest absolute Gasteiger partial charge is 0.240 e. The van der Waals surface area contributed by atoms with Crippen molar-refractivity contribution >= 4 is 10.0 Å². The third-order valence-corrected chi connectivity index (χ3v) is 4.03. The number of rotatable bonds is 5. The highest BCUT2D eigenvalue weighted by Crippen LogP contribution is 2.15. The lowest BCUT2D eigenvalue weighted by Gasteiger charge is -2.06. The molecule has 0 saturated carbocycles. The lowest BCUT2D eigenvalue weighted by atomic mass is 10.3. The number of aromatic nitrogens is 3. The molecule has 0 bridgehead atoms. The molecule has 0 radical (unpaired) electrons. The molecule has 0 unspecified atom stereocenters. The molecule has 0 atom stereocenters. The number of sulfonamides is 1. The van der Waals surface area contributed by atoms with Crippen LogP contribution < -0.4 is 4.72 Å². The van der Waals surface area contributed by atoms with Crippen LogP contribution in [0.4, 0.5) is 0 Å². The molecule has 102 valence electrons. The molecular formula is C11H14N4O3S. The highest BCUT2D eigenvalue weighted by Gasteiger charge is 2.14. The van der Waals surface area contributed by atoms with Gasteiger partial charge in [-0.3, -0.25) is 0 Å². The molecule has 2 rings (SSSR count). The topological polar surface area (TPSA) is 97.1 Å². The van der Waals surface area contributed by atoms with Gasteiger partial charge in [-0.25, -0.2) is 13.1 Å². The van der Waals surface area contributed by atoms with E-state index >= 15 is 0 Å². The first-order valence-electron chi connectivity index (χ1n) is 5.60. The summed E-state index contributed by atoms with van der Waals surface area (Å²) >= 11 is 0. The van der Waals surface area contributed by atoms with E-state index in [4.69, 9.17) is 0 Å². The molecular weight excluding hydrogens is 268 g/mol. The Hall–Kier alpha value is -1.93. The van der Waals surface area contributed by atoms with E-state index in [0.717, 1.165) is 0 Å². The van der Waals surface area contributed by atoms with Gasteiger partial charge < -0.3 is 9.67 Å². The zero-order valence-corrected chi connectivity index (χ0v) is 11.1. The summed E-state index contributed by atoms with van der Waals surface area (Å²) in [6, 6.07) is 5.51. The molecule has 0 fully saturated rings. The van der Waals surface area contributed by atoms with Crippen molar-refractivity contribution in [3.8, 4) is 5.75 Å². The van der Waals surface area contributed by atoms with Crippen LogP contribution in [-0.4, -0.2) is 34.8 Å². The Kier molecular flexibility index (Phi) is 3.82. The third-order valence-electron chi connectivity index (χ3n) is 2.57. The summed E-state index contributed by atoms with van der Waals surface area (Å²) in [6.45, 7) is 0.213. The van der Waals surface area contributed by atoms with Gasteiger partial charge in [0.05, 0.1) is 4.90 Å². The normalized spacial score (nSPS) is 11.6. The first kappa shape index (κ1) is 13.5. The second kappa shape index (κ2) is 5.37. The van der Waals surface area contributed by atoms with Crippen LogP contribution in [0, 0.1) is 0 Å². The summed E-state index contributed by atoms with van der Waals surface area (Å²) in [4.78, 5) is 0.0328. The van der Waals surface area contributed by atoms with Crippen molar-refractivity contribution in [3.63, 3.8) is 0 Å². The number of aryl methyl sites for hydroxylation is 1. The molecule has 8 heteroatoms. The Labute approximate surface area is 111 Å². The van der Waals surface area contributed by atoms with Crippen LogP contribution in [0.15, 0.2) is 35.5 Å². The van der Waals surface area contributed by atoms with Crippen molar-refractivity contribution in [3.05, 3.63) is 36.4 Å². The summed E-state index contributed by atoms with van der Waals surface area (Å²) in [5, 5.41) is 16.8. The summed E-state index contributed by atoms with van der Waals surface area (Å²) in [5.74, 6) is 0.606. The first-order valence-corrected chi connectivity index (χ1v) is 7.09. The molecule has 0 amide bonds. The quantitative estimate of drug-likeness (QED) is 0.807. The minimum absolute atomic E-state index is 0.0328. The Morgan fingerprint density at radius 3 is 2.84 bits per heavy atom. The maximum atomic E-state index is 11.9. The second-order valence-electron chi connectivity index (χ2n) is 4.00. The van der Waals surface area contributed by atoms with Crippen LogP contribution in [0.25, 0.3) is 0 Å². The van der Waals surface area contributed by atoms with Gasteiger partial charge in [0.2, 0.25) is 10.0 Å². The maximum Gasteiger partial charge on any atom is 0.240 e. The summed E-state index contributed by atoms with van der Waals surface area (Å²) in [5.41, 5.74) is 0. The fraction of sp³-hybridized carbons (Fsp3) is 0.273. The lowest BCUT2D eigenvalue weighted by Crippen LogP contribution is -2.26. The molecule has 1 aromatic heterocycles. The van der Waals surface area contributed by atoms with Crippen molar-refractivity contribution in [2.24, 2.45) is 7.05 Å². The molecule has 1 aromatic carbocycles. The van der Waals surface area contributed by atoms with Crippen molar-refractivity contribution < 1.29 is 13.5 Å². The fourth-order valence-corrected chi connectivity index (χ4v) is 2.64. The van der Waals surface area contributed by atoms with E-state index < -0.39 is 10.0 Å². The summed E-state index contributed by atoms with van der Waals surface area (Å²) < 4.78 is 28.0. The minimum Gasteiger partial charge on any atom is -0.508 e. The van der Waals surface area contributed by atoms with Gasteiger partial charge in [0.25, 0.3) is 0 Å². The summed E-state index contributed by atoms with van der Waals surface area (Å²) in [6.07, 6.45) is 1.99. The highest BCUT2D eigenvalue weighted by atomic mass is 32.2. The van der Waals surface area contributed by atoms with Crippen molar-refractivity contribution in [1.29, 1.82) is 0 Å². The van der Waals surface area contributed by atoms with Gasteiger partial charge in [0.15, 0.2) is 0 Å². The Bertz CT molecular complexity index is 666. The average molecular weight is 282 g/mol. The molecule has 2 N–H and O–H groups in total. The molecule has 0 aliphatic rings. The van der Waals surface area contributed by atoms with Crippen LogP contribution in [0.5, 0.6) is 5.75 Å². The van der Waals surface area contributed by atoms with Crippen LogP contribution in [0.3, 0.4) is 0 Å². The molecule has 0 aliphatic carbocycles. The monoisotopic (exact) mass is 282 g/mol. The van der Waals surface area contributed by atoms with Crippen molar-refractivity contribution in [1.82, 2.24) is 19.5 Å². The Morgan fingerprint density at radius 1 is 1.42 bits per heavy atom. The number of phenolic OH excluding ortho intramolecular Hbond substituents is 1. The number of hydrogen-bond donors (Lipinski definition) is 2. The van der Waals surface area contributed by atoms with E-state index in [0.29, 0.717) is 12.2 Å². The van der Waals surface area contributed by atoms with E-state index in [1.807, 2.05) is 0 Å². The van der Waals surface area contributed by atoms with Gasteiger partial charge in [-0.15, -0.1) is 10.2 Å². The Morgan fingerprint density at radius 2 is 2.21 bits per heavy atom. The van der Waals surface area contributed by atoms with Gasteiger partial charge in [0, 0.05) is 20.0 Å². The number of phenols is 1. The average Bonchev–Trinajstić information content (AvgIpc) is 2.75. The molecule has 0 saturated heterocycles. The maximum absolute atomic E-state index is 11.9. The first-order chi connectivity index (χ1) is 8.99. The predicted molar refractivity (Wildman–Crippen MR) is 68.0 cm³/mol.